The molecule has 0 spiro atoms. The summed E-state index contributed by atoms with van der Waals surface area (Å²) in [7, 11) is 5.74. The quantitative estimate of drug-likeness (QED) is 0.271. The van der Waals surface area contributed by atoms with Gasteiger partial charge < -0.3 is 5.32 Å². The van der Waals surface area contributed by atoms with E-state index in [1.807, 2.05) is 12.2 Å². The molecule has 0 saturated carbocycles. The van der Waals surface area contributed by atoms with Crippen molar-refractivity contribution < 1.29 is 4.92 Å². The second-order valence-corrected chi connectivity index (χ2v) is 6.38. The molecule has 0 aliphatic heterocycles. The van der Waals surface area contributed by atoms with E-state index < -0.39 is 4.92 Å². The summed E-state index contributed by atoms with van der Waals surface area (Å²) in [5.74, 6) is 1.16. The van der Waals surface area contributed by atoms with Crippen LogP contribution in [0.15, 0.2) is 28.4 Å². The number of hydrogen-bond acceptors (Lipinski definition) is 6. The van der Waals surface area contributed by atoms with Crippen LogP contribution < -0.4 is 5.32 Å². The number of aromatic nitrogens is 2. The molecule has 1 aliphatic carbocycles. The first-order chi connectivity index (χ1) is 11.0. The third-order valence-corrected chi connectivity index (χ3v) is 4.46. The molecule has 1 heterocycles. The summed E-state index contributed by atoms with van der Waals surface area (Å²) in [5.41, 5.74) is 2.33. The van der Waals surface area contributed by atoms with Crippen molar-refractivity contribution in [3.05, 3.63) is 39.0 Å². The normalized spacial score (nSPS) is 14.2. The topological polar surface area (TPSA) is 81.0 Å². The van der Waals surface area contributed by atoms with Crippen LogP contribution in [0.5, 0.6) is 0 Å². The molecule has 0 saturated heterocycles. The molecule has 6 nitrogen and oxygen atoms in total. The molecule has 0 unspecified atom stereocenters. The maximum Gasteiger partial charge on any atom is 0.332 e. The third-order valence-electron chi connectivity index (χ3n) is 3.41. The van der Waals surface area contributed by atoms with Crippen molar-refractivity contribution in [2.45, 2.75) is 38.3 Å². The Kier molecular flexibility index (Phi) is 6.21. The van der Waals surface area contributed by atoms with Crippen molar-refractivity contribution >= 4 is 31.1 Å². The smallest absolute Gasteiger partial charge is 0.332 e. The van der Waals surface area contributed by atoms with Crippen LogP contribution in [0.3, 0.4) is 0 Å². The van der Waals surface area contributed by atoms with Gasteiger partial charge in [-0.1, -0.05) is 36.4 Å². The number of allylic oxidation sites excluding steroid dienone is 3. The Hall–Kier alpha value is -1.83. The molecule has 1 aliphatic rings. The van der Waals surface area contributed by atoms with Crippen molar-refractivity contribution in [3.8, 4) is 0 Å². The molecule has 23 heavy (non-hydrogen) atoms. The van der Waals surface area contributed by atoms with Gasteiger partial charge in [-0.15, -0.1) is 5.47 Å². The van der Waals surface area contributed by atoms with E-state index in [1.165, 1.54) is 11.8 Å². The SMILES string of the molecule is [B]C1=CC=C(CNc2nc(SCCC)nc(C)c2[N+](=O)[O-])CC1. The van der Waals surface area contributed by atoms with Gasteiger partial charge >= 0.3 is 5.69 Å². The standard InChI is InChI=1S/C15H19BN4O2S/c1-3-8-23-15-18-10(2)13(20(21)22)14(19-15)17-9-11-4-6-12(16)7-5-11/h4,6H,3,5,7-9H2,1-2H3,(H,17,18,19). The zero-order chi connectivity index (χ0) is 16.8. The number of hydrogen-bond donors (Lipinski definition) is 1. The van der Waals surface area contributed by atoms with E-state index in [1.54, 1.807) is 6.92 Å². The van der Waals surface area contributed by atoms with Gasteiger partial charge in [-0.3, -0.25) is 10.1 Å². The first-order valence-electron chi connectivity index (χ1n) is 7.55. The van der Waals surface area contributed by atoms with Crippen LogP contribution >= 0.6 is 11.8 Å². The lowest BCUT2D eigenvalue weighted by Crippen LogP contribution is -2.12. The van der Waals surface area contributed by atoms with Crippen molar-refractivity contribution in [1.29, 1.82) is 0 Å². The fraction of sp³-hybridized carbons (Fsp3) is 0.467. The largest absolute Gasteiger partial charge is 0.360 e. The lowest BCUT2D eigenvalue weighted by Gasteiger charge is -2.14. The highest BCUT2D eigenvalue weighted by atomic mass is 32.2. The second kappa shape index (κ2) is 8.15. The third kappa shape index (κ3) is 4.82. The van der Waals surface area contributed by atoms with Gasteiger partial charge in [0.25, 0.3) is 0 Å². The number of rotatable bonds is 7. The molecule has 0 bridgehead atoms. The number of anilines is 1. The molecular weight excluding hydrogens is 311 g/mol. The van der Waals surface area contributed by atoms with Crippen LogP contribution in [0.4, 0.5) is 11.5 Å². The van der Waals surface area contributed by atoms with Crippen LogP contribution in [0.2, 0.25) is 0 Å². The van der Waals surface area contributed by atoms with E-state index in [2.05, 4.69) is 22.2 Å². The summed E-state index contributed by atoms with van der Waals surface area (Å²) in [6.45, 7) is 4.22. The van der Waals surface area contributed by atoms with Gasteiger partial charge in [0.2, 0.25) is 5.82 Å². The minimum Gasteiger partial charge on any atom is -0.360 e. The van der Waals surface area contributed by atoms with Crippen LogP contribution in [0.25, 0.3) is 0 Å². The van der Waals surface area contributed by atoms with Crippen LogP contribution in [0, 0.1) is 17.0 Å². The maximum absolute atomic E-state index is 11.3. The number of nitro groups is 1. The average Bonchev–Trinajstić information content (AvgIpc) is 2.51. The van der Waals surface area contributed by atoms with Crippen LogP contribution in [0.1, 0.15) is 31.9 Å². The molecule has 8 heteroatoms. The maximum atomic E-state index is 11.3. The first kappa shape index (κ1) is 17.5. The van der Waals surface area contributed by atoms with E-state index in [9.17, 15) is 10.1 Å². The Labute approximate surface area is 141 Å². The molecule has 0 amide bonds. The Morgan fingerprint density at radius 2 is 2.17 bits per heavy atom. The predicted molar refractivity (Wildman–Crippen MR) is 94.1 cm³/mol. The molecule has 120 valence electrons. The summed E-state index contributed by atoms with van der Waals surface area (Å²) in [6.07, 6.45) is 6.50. The lowest BCUT2D eigenvalue weighted by molar-refractivity contribution is -0.385. The zero-order valence-electron chi connectivity index (χ0n) is 13.3. The van der Waals surface area contributed by atoms with E-state index in [0.717, 1.165) is 36.1 Å². The molecule has 0 fully saturated rings. The Morgan fingerprint density at radius 1 is 1.39 bits per heavy atom. The summed E-state index contributed by atoms with van der Waals surface area (Å²) >= 11 is 1.51. The number of nitrogens with one attached hydrogen (secondary N) is 1. The highest BCUT2D eigenvalue weighted by Gasteiger charge is 2.22. The van der Waals surface area contributed by atoms with E-state index in [-0.39, 0.29) is 11.5 Å². The molecular formula is C15H19BN4O2S. The van der Waals surface area contributed by atoms with E-state index in [4.69, 9.17) is 7.85 Å². The van der Waals surface area contributed by atoms with Gasteiger partial charge in [0.1, 0.15) is 13.5 Å². The number of nitrogens with zero attached hydrogens (tertiary/aromatic N) is 3. The summed E-state index contributed by atoms with van der Waals surface area (Å²) < 4.78 is 0. The summed E-state index contributed by atoms with van der Waals surface area (Å²) in [5, 5.41) is 15.0. The predicted octanol–water partition coefficient (Wildman–Crippen LogP) is 3.38. The van der Waals surface area contributed by atoms with Gasteiger partial charge in [-0.05, 0) is 26.2 Å². The number of aryl methyl sites for hydroxylation is 1. The minimum absolute atomic E-state index is 0.0580. The molecule has 0 aromatic carbocycles. The van der Waals surface area contributed by atoms with Gasteiger partial charge in [0, 0.05) is 12.3 Å². The van der Waals surface area contributed by atoms with Gasteiger partial charge in [-0.25, -0.2) is 4.98 Å². The highest BCUT2D eigenvalue weighted by Crippen LogP contribution is 2.29. The Morgan fingerprint density at radius 3 is 2.78 bits per heavy atom. The van der Waals surface area contributed by atoms with Gasteiger partial charge in [0.05, 0.1) is 4.92 Å². The lowest BCUT2D eigenvalue weighted by atomic mass is 9.85. The van der Waals surface area contributed by atoms with Crippen molar-refractivity contribution in [2.24, 2.45) is 0 Å². The number of thioether (sulfide) groups is 1. The van der Waals surface area contributed by atoms with E-state index in [0.29, 0.717) is 17.4 Å². The molecule has 1 aromatic heterocycles. The monoisotopic (exact) mass is 330 g/mol. The van der Waals surface area contributed by atoms with Gasteiger partial charge in [-0.2, -0.15) is 4.98 Å². The fourth-order valence-electron chi connectivity index (χ4n) is 2.18. The summed E-state index contributed by atoms with van der Waals surface area (Å²) in [6, 6.07) is 0. The average molecular weight is 330 g/mol. The molecule has 1 N–H and O–H groups in total. The fourth-order valence-corrected chi connectivity index (χ4v) is 2.93. The van der Waals surface area contributed by atoms with Gasteiger partial charge in [0.15, 0.2) is 5.16 Å². The Balaban J connectivity index is 2.20. The van der Waals surface area contributed by atoms with Crippen molar-refractivity contribution in [2.75, 3.05) is 17.6 Å². The first-order valence-corrected chi connectivity index (χ1v) is 8.53. The second-order valence-electron chi connectivity index (χ2n) is 5.31. The molecule has 2 radical (unpaired) electrons. The molecule has 1 aromatic rings. The zero-order valence-corrected chi connectivity index (χ0v) is 14.2. The van der Waals surface area contributed by atoms with E-state index >= 15 is 0 Å². The van der Waals surface area contributed by atoms with Crippen molar-refractivity contribution in [1.82, 2.24) is 9.97 Å². The summed E-state index contributed by atoms with van der Waals surface area (Å²) in [4.78, 5) is 19.4. The van der Waals surface area contributed by atoms with Crippen LogP contribution in [-0.4, -0.2) is 35.0 Å². The van der Waals surface area contributed by atoms with Crippen molar-refractivity contribution in [3.63, 3.8) is 0 Å². The molecule has 0 atom stereocenters. The molecule has 2 rings (SSSR count). The highest BCUT2D eigenvalue weighted by molar-refractivity contribution is 7.99. The van der Waals surface area contributed by atoms with Crippen LogP contribution in [-0.2, 0) is 0 Å². The Bertz CT molecular complexity index is 661. The minimum atomic E-state index is -0.431.